The lowest BCUT2D eigenvalue weighted by Crippen LogP contribution is -2.30. The lowest BCUT2D eigenvalue weighted by Gasteiger charge is -2.30. The molecule has 1 aromatic carbocycles. The average molecular weight is 233 g/mol. The summed E-state index contributed by atoms with van der Waals surface area (Å²) in [6.07, 6.45) is 5.95. The fourth-order valence-electron chi connectivity index (χ4n) is 2.93. The van der Waals surface area contributed by atoms with Gasteiger partial charge in [-0.25, -0.2) is 0 Å². The molecule has 0 fully saturated rings. The first-order valence-electron chi connectivity index (χ1n) is 6.68. The minimum atomic E-state index is 0.312. The Balaban J connectivity index is 2.25. The second kappa shape index (κ2) is 5.54. The molecular formula is C15H23NO. The zero-order valence-corrected chi connectivity index (χ0v) is 10.9. The van der Waals surface area contributed by atoms with Crippen LogP contribution in [0, 0.1) is 0 Å². The molecule has 0 amide bonds. The van der Waals surface area contributed by atoms with Crippen LogP contribution >= 0.6 is 0 Å². The van der Waals surface area contributed by atoms with E-state index >= 15 is 0 Å². The standard InChI is InChI=1S/C15H23NO/c1-3-5-15(16)14-7-4-6-11-10-12(17-2)8-9-13(11)14/h8-10,14-15H,3-7,16H2,1-2H3. The Morgan fingerprint density at radius 1 is 1.47 bits per heavy atom. The normalized spacial score (nSPS) is 20.8. The molecule has 0 aliphatic heterocycles. The van der Waals surface area contributed by atoms with Gasteiger partial charge in [-0.05, 0) is 54.9 Å². The van der Waals surface area contributed by atoms with Crippen molar-refractivity contribution < 1.29 is 4.74 Å². The molecule has 17 heavy (non-hydrogen) atoms. The molecule has 2 N–H and O–H groups in total. The van der Waals surface area contributed by atoms with Crippen LogP contribution < -0.4 is 10.5 Å². The van der Waals surface area contributed by atoms with Crippen molar-refractivity contribution >= 4 is 0 Å². The van der Waals surface area contributed by atoms with Gasteiger partial charge in [-0.15, -0.1) is 0 Å². The van der Waals surface area contributed by atoms with Crippen LogP contribution in [0.25, 0.3) is 0 Å². The van der Waals surface area contributed by atoms with Gasteiger partial charge in [-0.3, -0.25) is 0 Å². The van der Waals surface area contributed by atoms with Crippen molar-refractivity contribution in [3.8, 4) is 5.75 Å². The molecule has 2 heteroatoms. The fourth-order valence-corrected chi connectivity index (χ4v) is 2.93. The summed E-state index contributed by atoms with van der Waals surface area (Å²) in [5.41, 5.74) is 9.21. The summed E-state index contributed by atoms with van der Waals surface area (Å²) in [6, 6.07) is 6.77. The minimum absolute atomic E-state index is 0.312. The predicted molar refractivity (Wildman–Crippen MR) is 71.6 cm³/mol. The molecule has 2 nitrogen and oxygen atoms in total. The van der Waals surface area contributed by atoms with Crippen LogP contribution in [-0.2, 0) is 6.42 Å². The molecule has 0 aromatic heterocycles. The summed E-state index contributed by atoms with van der Waals surface area (Å²) < 4.78 is 5.29. The van der Waals surface area contributed by atoms with E-state index in [9.17, 15) is 0 Å². The molecule has 0 spiro atoms. The summed E-state index contributed by atoms with van der Waals surface area (Å²) in [7, 11) is 1.73. The molecular weight excluding hydrogens is 210 g/mol. The van der Waals surface area contributed by atoms with Crippen LogP contribution in [-0.4, -0.2) is 13.2 Å². The number of fused-ring (bicyclic) bond motifs is 1. The Hall–Kier alpha value is -1.02. The number of hydrogen-bond acceptors (Lipinski definition) is 2. The fraction of sp³-hybridized carbons (Fsp3) is 0.600. The maximum Gasteiger partial charge on any atom is 0.119 e. The maximum atomic E-state index is 6.31. The van der Waals surface area contributed by atoms with Gasteiger partial charge in [-0.2, -0.15) is 0 Å². The van der Waals surface area contributed by atoms with E-state index in [-0.39, 0.29) is 0 Å². The Bertz CT molecular complexity index is 375. The van der Waals surface area contributed by atoms with Crippen LogP contribution in [0.3, 0.4) is 0 Å². The van der Waals surface area contributed by atoms with E-state index in [2.05, 4.69) is 25.1 Å². The van der Waals surface area contributed by atoms with E-state index in [4.69, 9.17) is 10.5 Å². The van der Waals surface area contributed by atoms with Crippen molar-refractivity contribution in [1.29, 1.82) is 0 Å². The predicted octanol–water partition coefficient (Wildman–Crippen LogP) is 3.24. The molecule has 0 saturated heterocycles. The number of rotatable bonds is 4. The topological polar surface area (TPSA) is 35.2 Å². The van der Waals surface area contributed by atoms with Crippen LogP contribution in [0.1, 0.15) is 49.7 Å². The minimum Gasteiger partial charge on any atom is -0.497 e. The molecule has 0 heterocycles. The van der Waals surface area contributed by atoms with E-state index < -0.39 is 0 Å². The molecule has 94 valence electrons. The Morgan fingerprint density at radius 3 is 3.00 bits per heavy atom. The Morgan fingerprint density at radius 2 is 2.29 bits per heavy atom. The van der Waals surface area contributed by atoms with Crippen molar-refractivity contribution in [2.75, 3.05) is 7.11 Å². The first-order chi connectivity index (χ1) is 8.26. The van der Waals surface area contributed by atoms with Gasteiger partial charge in [0.1, 0.15) is 5.75 Å². The van der Waals surface area contributed by atoms with Crippen molar-refractivity contribution in [2.24, 2.45) is 5.73 Å². The molecule has 2 atom stereocenters. The third-order valence-electron chi connectivity index (χ3n) is 3.85. The van der Waals surface area contributed by atoms with Gasteiger partial charge < -0.3 is 10.5 Å². The van der Waals surface area contributed by atoms with E-state index in [1.54, 1.807) is 7.11 Å². The SMILES string of the molecule is CCCC(N)C1CCCc2cc(OC)ccc21. The van der Waals surface area contributed by atoms with Gasteiger partial charge in [-0.1, -0.05) is 19.4 Å². The van der Waals surface area contributed by atoms with E-state index in [1.807, 2.05) is 0 Å². The second-order valence-corrected chi connectivity index (χ2v) is 5.02. The molecule has 1 aliphatic carbocycles. The molecule has 0 radical (unpaired) electrons. The van der Waals surface area contributed by atoms with E-state index in [0.29, 0.717) is 12.0 Å². The van der Waals surface area contributed by atoms with Gasteiger partial charge in [0.05, 0.1) is 7.11 Å². The van der Waals surface area contributed by atoms with Gasteiger partial charge >= 0.3 is 0 Å². The van der Waals surface area contributed by atoms with Gasteiger partial charge in [0.2, 0.25) is 0 Å². The van der Waals surface area contributed by atoms with Crippen molar-refractivity contribution in [2.45, 2.75) is 51.0 Å². The number of methoxy groups -OCH3 is 1. The van der Waals surface area contributed by atoms with Crippen LogP contribution in [0.4, 0.5) is 0 Å². The number of hydrogen-bond donors (Lipinski definition) is 1. The molecule has 1 aromatic rings. The zero-order chi connectivity index (χ0) is 12.3. The quantitative estimate of drug-likeness (QED) is 0.866. The van der Waals surface area contributed by atoms with Crippen LogP contribution in [0.5, 0.6) is 5.75 Å². The molecule has 2 unspecified atom stereocenters. The summed E-state index contributed by atoms with van der Waals surface area (Å²) in [4.78, 5) is 0. The van der Waals surface area contributed by atoms with Crippen molar-refractivity contribution in [3.63, 3.8) is 0 Å². The first-order valence-corrected chi connectivity index (χ1v) is 6.68. The van der Waals surface area contributed by atoms with Crippen LogP contribution in [0.2, 0.25) is 0 Å². The molecule has 0 bridgehead atoms. The average Bonchev–Trinajstić information content (AvgIpc) is 2.37. The summed E-state index contributed by atoms with van der Waals surface area (Å²) in [5.74, 6) is 1.51. The Kier molecular flexibility index (Phi) is 4.06. The van der Waals surface area contributed by atoms with Gasteiger partial charge in [0.25, 0.3) is 0 Å². The highest BCUT2D eigenvalue weighted by atomic mass is 16.5. The van der Waals surface area contributed by atoms with Crippen molar-refractivity contribution in [1.82, 2.24) is 0 Å². The third kappa shape index (κ3) is 2.63. The lowest BCUT2D eigenvalue weighted by atomic mass is 9.78. The number of ether oxygens (including phenoxy) is 1. The smallest absolute Gasteiger partial charge is 0.119 e. The zero-order valence-electron chi connectivity index (χ0n) is 10.9. The molecule has 2 rings (SSSR count). The summed E-state index contributed by atoms with van der Waals surface area (Å²) in [5, 5.41) is 0. The lowest BCUT2D eigenvalue weighted by molar-refractivity contribution is 0.409. The maximum absolute atomic E-state index is 6.31. The highest BCUT2D eigenvalue weighted by Crippen LogP contribution is 2.36. The summed E-state index contributed by atoms with van der Waals surface area (Å²) >= 11 is 0. The van der Waals surface area contributed by atoms with Crippen molar-refractivity contribution in [3.05, 3.63) is 29.3 Å². The number of aryl methyl sites for hydroxylation is 1. The van der Waals surface area contributed by atoms with Crippen LogP contribution in [0.15, 0.2) is 18.2 Å². The largest absolute Gasteiger partial charge is 0.497 e. The van der Waals surface area contributed by atoms with E-state index in [0.717, 1.165) is 12.2 Å². The number of nitrogens with two attached hydrogens (primary N) is 1. The van der Waals surface area contributed by atoms with Gasteiger partial charge in [0.15, 0.2) is 0 Å². The Labute approximate surface area is 104 Å². The monoisotopic (exact) mass is 233 g/mol. The van der Waals surface area contributed by atoms with E-state index in [1.165, 1.54) is 36.8 Å². The first kappa shape index (κ1) is 12.4. The molecule has 1 aliphatic rings. The third-order valence-corrected chi connectivity index (χ3v) is 3.85. The number of benzene rings is 1. The second-order valence-electron chi connectivity index (χ2n) is 5.02. The molecule has 0 saturated carbocycles. The highest BCUT2D eigenvalue weighted by molar-refractivity contribution is 5.40. The summed E-state index contributed by atoms with van der Waals surface area (Å²) in [6.45, 7) is 2.21. The highest BCUT2D eigenvalue weighted by Gasteiger charge is 2.25. The van der Waals surface area contributed by atoms with Gasteiger partial charge in [0, 0.05) is 6.04 Å².